The van der Waals surface area contributed by atoms with Gasteiger partial charge in [0, 0.05) is 17.6 Å². The Labute approximate surface area is 133 Å². The summed E-state index contributed by atoms with van der Waals surface area (Å²) in [5.41, 5.74) is 1.30. The van der Waals surface area contributed by atoms with Crippen molar-refractivity contribution in [1.29, 1.82) is 0 Å². The van der Waals surface area contributed by atoms with Crippen LogP contribution in [-0.2, 0) is 0 Å². The van der Waals surface area contributed by atoms with Crippen LogP contribution in [0.1, 0.15) is 37.8 Å². The molecule has 1 aliphatic carbocycles. The maximum atomic E-state index is 9.35. The number of nitrogens with zero attached hydrogens (tertiary/aromatic N) is 1. The lowest BCUT2D eigenvalue weighted by atomic mass is 9.82. The zero-order chi connectivity index (χ0) is 15.2. The molecule has 21 heavy (non-hydrogen) atoms. The first-order chi connectivity index (χ1) is 10.1. The molecule has 4 heteroatoms. The minimum Gasteiger partial charge on any atom is -0.393 e. The predicted molar refractivity (Wildman–Crippen MR) is 88.7 cm³/mol. The third-order valence-corrected chi connectivity index (χ3v) is 4.56. The monoisotopic (exact) mass is 310 g/mol. The Morgan fingerprint density at radius 1 is 1.33 bits per heavy atom. The van der Waals surface area contributed by atoms with Crippen molar-refractivity contribution in [3.05, 3.63) is 34.9 Å². The topological polar surface area (TPSA) is 35.5 Å². The van der Waals surface area contributed by atoms with Crippen molar-refractivity contribution in [2.45, 2.75) is 38.3 Å². The molecule has 1 saturated carbocycles. The van der Waals surface area contributed by atoms with Crippen LogP contribution in [0.4, 0.5) is 0 Å². The smallest absolute Gasteiger partial charge is 0.0546 e. The summed E-state index contributed by atoms with van der Waals surface area (Å²) >= 11 is 5.96. The molecule has 0 amide bonds. The quantitative estimate of drug-likeness (QED) is 0.774. The van der Waals surface area contributed by atoms with E-state index in [9.17, 15) is 5.11 Å². The van der Waals surface area contributed by atoms with E-state index in [4.69, 9.17) is 11.6 Å². The van der Waals surface area contributed by atoms with Gasteiger partial charge in [0.25, 0.3) is 0 Å². The molecule has 0 heterocycles. The molecule has 0 radical (unpaired) electrons. The van der Waals surface area contributed by atoms with Crippen LogP contribution >= 0.6 is 11.6 Å². The summed E-state index contributed by atoms with van der Waals surface area (Å²) in [7, 11) is 2.18. The number of nitrogens with one attached hydrogen (secondary N) is 1. The minimum absolute atomic E-state index is 0.0491. The fourth-order valence-electron chi connectivity index (χ4n) is 3.06. The highest BCUT2D eigenvalue weighted by Crippen LogP contribution is 2.28. The predicted octanol–water partition coefficient (Wildman–Crippen LogP) is 3.08. The molecule has 0 spiro atoms. The number of hydrogen-bond donors (Lipinski definition) is 2. The standard InChI is InChI=1S/C17H27ClN2O/c1-3-19-17(14-4-6-15(18)7-5-14)8-9-20(2)12-13-10-16(21)11-13/h4-7,13,16-17,19,21H,3,8-12H2,1-2H3. The number of rotatable bonds is 8. The van der Waals surface area contributed by atoms with Crippen LogP contribution in [0.2, 0.25) is 5.02 Å². The van der Waals surface area contributed by atoms with E-state index in [0.717, 1.165) is 43.9 Å². The normalized spacial score (nSPS) is 23.1. The van der Waals surface area contributed by atoms with Crippen molar-refractivity contribution in [3.63, 3.8) is 0 Å². The van der Waals surface area contributed by atoms with E-state index in [0.29, 0.717) is 12.0 Å². The molecule has 3 nitrogen and oxygen atoms in total. The lowest BCUT2D eigenvalue weighted by molar-refractivity contribution is 0.0279. The van der Waals surface area contributed by atoms with Crippen molar-refractivity contribution in [1.82, 2.24) is 10.2 Å². The van der Waals surface area contributed by atoms with Crippen LogP contribution in [0.5, 0.6) is 0 Å². The molecule has 1 fully saturated rings. The molecular weight excluding hydrogens is 284 g/mol. The summed E-state index contributed by atoms with van der Waals surface area (Å²) < 4.78 is 0. The Bertz CT molecular complexity index is 417. The molecule has 1 aromatic rings. The van der Waals surface area contributed by atoms with Gasteiger partial charge < -0.3 is 15.3 Å². The lowest BCUT2D eigenvalue weighted by Crippen LogP contribution is -2.38. The van der Waals surface area contributed by atoms with Gasteiger partial charge in [-0.1, -0.05) is 30.7 Å². The van der Waals surface area contributed by atoms with Gasteiger partial charge in [0.05, 0.1) is 6.10 Å². The number of halogens is 1. The van der Waals surface area contributed by atoms with Gasteiger partial charge in [-0.3, -0.25) is 0 Å². The third kappa shape index (κ3) is 5.26. The van der Waals surface area contributed by atoms with Gasteiger partial charge >= 0.3 is 0 Å². The van der Waals surface area contributed by atoms with E-state index in [2.05, 4.69) is 36.3 Å². The van der Waals surface area contributed by atoms with Gasteiger partial charge in [0.2, 0.25) is 0 Å². The van der Waals surface area contributed by atoms with E-state index in [-0.39, 0.29) is 6.10 Å². The first-order valence-corrected chi connectivity index (χ1v) is 8.31. The number of aliphatic hydroxyl groups is 1. The average Bonchev–Trinajstić information content (AvgIpc) is 2.43. The Hall–Kier alpha value is -0.610. The van der Waals surface area contributed by atoms with E-state index in [1.807, 2.05) is 12.1 Å². The lowest BCUT2D eigenvalue weighted by Gasteiger charge is -2.35. The van der Waals surface area contributed by atoms with Crippen LogP contribution in [0.25, 0.3) is 0 Å². The van der Waals surface area contributed by atoms with Gasteiger partial charge in [-0.15, -0.1) is 0 Å². The van der Waals surface area contributed by atoms with Crippen LogP contribution < -0.4 is 5.32 Å². The van der Waals surface area contributed by atoms with Crippen LogP contribution in [0, 0.1) is 5.92 Å². The van der Waals surface area contributed by atoms with Crippen molar-refractivity contribution in [2.24, 2.45) is 5.92 Å². The second-order valence-corrected chi connectivity index (χ2v) is 6.64. The van der Waals surface area contributed by atoms with Crippen LogP contribution in [0.15, 0.2) is 24.3 Å². The van der Waals surface area contributed by atoms with E-state index < -0.39 is 0 Å². The fourth-order valence-corrected chi connectivity index (χ4v) is 3.19. The summed E-state index contributed by atoms with van der Waals surface area (Å²) in [6.45, 7) is 5.26. The van der Waals surface area contributed by atoms with Crippen molar-refractivity contribution >= 4 is 11.6 Å². The SMILES string of the molecule is CCNC(CCN(C)CC1CC(O)C1)c1ccc(Cl)cc1. The Kier molecular flexibility index (Phi) is 6.49. The Morgan fingerprint density at radius 3 is 2.57 bits per heavy atom. The van der Waals surface area contributed by atoms with Gasteiger partial charge in [0.1, 0.15) is 0 Å². The van der Waals surface area contributed by atoms with Crippen LogP contribution in [0.3, 0.4) is 0 Å². The van der Waals surface area contributed by atoms with Gasteiger partial charge in [-0.25, -0.2) is 0 Å². The molecule has 118 valence electrons. The Balaban J connectivity index is 1.80. The molecule has 1 aliphatic rings. The van der Waals surface area contributed by atoms with Crippen molar-refractivity contribution in [2.75, 3.05) is 26.7 Å². The van der Waals surface area contributed by atoms with Gasteiger partial charge in [-0.2, -0.15) is 0 Å². The highest BCUT2D eigenvalue weighted by atomic mass is 35.5. The van der Waals surface area contributed by atoms with Gasteiger partial charge in [-0.05, 0) is 63.0 Å². The summed E-state index contributed by atoms with van der Waals surface area (Å²) in [6.07, 6.45) is 2.98. The number of hydrogen-bond acceptors (Lipinski definition) is 3. The highest BCUT2D eigenvalue weighted by molar-refractivity contribution is 6.30. The molecule has 1 aromatic carbocycles. The molecule has 2 rings (SSSR count). The second-order valence-electron chi connectivity index (χ2n) is 6.20. The summed E-state index contributed by atoms with van der Waals surface area (Å²) in [5, 5.41) is 13.7. The largest absolute Gasteiger partial charge is 0.393 e. The maximum Gasteiger partial charge on any atom is 0.0546 e. The van der Waals surface area contributed by atoms with E-state index in [1.165, 1.54) is 5.56 Å². The summed E-state index contributed by atoms with van der Waals surface area (Å²) in [5.74, 6) is 0.679. The van der Waals surface area contributed by atoms with Crippen molar-refractivity contribution in [3.8, 4) is 0 Å². The Morgan fingerprint density at radius 2 is 2.00 bits per heavy atom. The van der Waals surface area contributed by atoms with E-state index >= 15 is 0 Å². The fraction of sp³-hybridized carbons (Fsp3) is 0.647. The third-order valence-electron chi connectivity index (χ3n) is 4.30. The zero-order valence-electron chi connectivity index (χ0n) is 13.1. The first-order valence-electron chi connectivity index (χ1n) is 7.94. The minimum atomic E-state index is -0.0491. The molecule has 0 bridgehead atoms. The van der Waals surface area contributed by atoms with E-state index in [1.54, 1.807) is 0 Å². The van der Waals surface area contributed by atoms with Gasteiger partial charge in [0.15, 0.2) is 0 Å². The zero-order valence-corrected chi connectivity index (χ0v) is 13.8. The average molecular weight is 311 g/mol. The number of aliphatic hydroxyl groups excluding tert-OH is 1. The molecule has 0 aliphatic heterocycles. The molecule has 1 unspecified atom stereocenters. The number of benzene rings is 1. The summed E-state index contributed by atoms with van der Waals surface area (Å²) in [6, 6.07) is 8.51. The molecule has 2 N–H and O–H groups in total. The maximum absolute atomic E-state index is 9.35. The van der Waals surface area contributed by atoms with Crippen LogP contribution in [-0.4, -0.2) is 42.8 Å². The summed E-state index contributed by atoms with van der Waals surface area (Å²) in [4.78, 5) is 2.39. The molecule has 0 saturated heterocycles. The van der Waals surface area contributed by atoms with Crippen molar-refractivity contribution < 1.29 is 5.11 Å². The molecular formula is C17H27ClN2O. The molecule has 1 atom stereocenters. The molecule has 0 aromatic heterocycles. The highest BCUT2D eigenvalue weighted by Gasteiger charge is 2.27. The second kappa shape index (κ2) is 8.14. The first kappa shape index (κ1) is 16.8.